The summed E-state index contributed by atoms with van der Waals surface area (Å²) in [5.41, 5.74) is 1.34. The van der Waals surface area contributed by atoms with Crippen LogP contribution >= 0.6 is 0 Å². The Bertz CT molecular complexity index is 416. The Morgan fingerprint density at radius 2 is 1.94 bits per heavy atom. The van der Waals surface area contributed by atoms with Crippen molar-refractivity contribution in [2.75, 3.05) is 5.73 Å². The van der Waals surface area contributed by atoms with Gasteiger partial charge in [0.2, 0.25) is 0 Å². The lowest BCUT2D eigenvalue weighted by Gasteiger charge is -2.12. The Balaban J connectivity index is 3.49. The van der Waals surface area contributed by atoms with Crippen molar-refractivity contribution in [2.24, 2.45) is 0 Å². The molecule has 0 amide bonds. The zero-order valence-electron chi connectivity index (χ0n) is 7.55. The van der Waals surface area contributed by atoms with Gasteiger partial charge in [-0.15, -0.1) is 0 Å². The molecule has 0 aliphatic carbocycles. The predicted molar refractivity (Wildman–Crippen MR) is 44.0 cm³/mol. The molecule has 0 aliphatic rings. The van der Waals surface area contributed by atoms with Gasteiger partial charge in [-0.2, -0.15) is 13.2 Å². The summed E-state index contributed by atoms with van der Waals surface area (Å²) in [6.45, 7) is 0. The number of carbonyl (C=O) groups excluding carboxylic acids is 1. The van der Waals surface area contributed by atoms with Crippen LogP contribution in [-0.2, 0) is 6.18 Å². The molecular weight excluding hydrogens is 235 g/mol. The standard InChI is InChI=1S/C8H5F5N2O/c9-6(10)5-4(8(11,12)13)1-3(2-16)7(14)15-5/h1-2,6H,(H2,14,15). The minimum absolute atomic E-state index is 0.0207. The summed E-state index contributed by atoms with van der Waals surface area (Å²) in [5, 5.41) is 0. The number of pyridine rings is 1. The number of alkyl halides is 5. The first-order valence-electron chi connectivity index (χ1n) is 3.88. The molecule has 0 aliphatic heterocycles. The number of aromatic nitrogens is 1. The molecule has 88 valence electrons. The largest absolute Gasteiger partial charge is 0.418 e. The van der Waals surface area contributed by atoms with Crippen LogP contribution in [0.4, 0.5) is 27.8 Å². The minimum Gasteiger partial charge on any atom is -0.383 e. The SMILES string of the molecule is Nc1nc(C(F)F)c(C(F)(F)F)cc1C=O. The molecule has 0 saturated heterocycles. The molecule has 1 rings (SSSR count). The monoisotopic (exact) mass is 240 g/mol. The van der Waals surface area contributed by atoms with E-state index in [-0.39, 0.29) is 12.4 Å². The summed E-state index contributed by atoms with van der Waals surface area (Å²) in [6, 6.07) is 0.261. The van der Waals surface area contributed by atoms with Crippen LogP contribution in [0.1, 0.15) is 28.0 Å². The average molecular weight is 240 g/mol. The predicted octanol–water partition coefficient (Wildman–Crippen LogP) is 2.43. The van der Waals surface area contributed by atoms with Gasteiger partial charge in [0.15, 0.2) is 6.29 Å². The molecule has 8 heteroatoms. The maximum Gasteiger partial charge on any atom is 0.418 e. The smallest absolute Gasteiger partial charge is 0.383 e. The molecule has 3 nitrogen and oxygen atoms in total. The van der Waals surface area contributed by atoms with Crippen LogP contribution in [0.5, 0.6) is 0 Å². The van der Waals surface area contributed by atoms with Crippen LogP contribution < -0.4 is 5.73 Å². The number of rotatable bonds is 2. The second kappa shape index (κ2) is 4.03. The van der Waals surface area contributed by atoms with Crippen molar-refractivity contribution in [3.05, 3.63) is 22.9 Å². The van der Waals surface area contributed by atoms with Crippen molar-refractivity contribution in [1.82, 2.24) is 4.98 Å². The number of carbonyl (C=O) groups is 1. The highest BCUT2D eigenvalue weighted by Crippen LogP contribution is 2.36. The van der Waals surface area contributed by atoms with E-state index in [4.69, 9.17) is 5.73 Å². The number of nitrogens with two attached hydrogens (primary N) is 1. The lowest BCUT2D eigenvalue weighted by Crippen LogP contribution is -2.14. The van der Waals surface area contributed by atoms with Crippen molar-refractivity contribution in [3.63, 3.8) is 0 Å². The van der Waals surface area contributed by atoms with Gasteiger partial charge in [-0.25, -0.2) is 13.8 Å². The zero-order valence-corrected chi connectivity index (χ0v) is 7.55. The maximum atomic E-state index is 12.3. The Kier molecular flexibility index (Phi) is 3.11. The van der Waals surface area contributed by atoms with Crippen LogP contribution in [0.3, 0.4) is 0 Å². The molecule has 0 fully saturated rings. The van der Waals surface area contributed by atoms with Crippen LogP contribution in [0.25, 0.3) is 0 Å². The molecule has 2 N–H and O–H groups in total. The average Bonchev–Trinajstić information content (AvgIpc) is 2.15. The van der Waals surface area contributed by atoms with Crippen LogP contribution in [0.2, 0.25) is 0 Å². The minimum atomic E-state index is -5.01. The Morgan fingerprint density at radius 1 is 1.38 bits per heavy atom. The number of anilines is 1. The van der Waals surface area contributed by atoms with E-state index in [1.165, 1.54) is 0 Å². The van der Waals surface area contributed by atoms with Gasteiger partial charge in [-0.3, -0.25) is 4.79 Å². The summed E-state index contributed by atoms with van der Waals surface area (Å²) in [4.78, 5) is 13.2. The Morgan fingerprint density at radius 3 is 2.31 bits per heavy atom. The van der Waals surface area contributed by atoms with E-state index in [1.54, 1.807) is 0 Å². The first-order valence-corrected chi connectivity index (χ1v) is 3.88. The van der Waals surface area contributed by atoms with E-state index in [0.29, 0.717) is 0 Å². The molecule has 0 spiro atoms. The van der Waals surface area contributed by atoms with Crippen molar-refractivity contribution in [3.8, 4) is 0 Å². The lowest BCUT2D eigenvalue weighted by molar-refractivity contribution is -0.139. The fraction of sp³-hybridized carbons (Fsp3) is 0.250. The summed E-state index contributed by atoms with van der Waals surface area (Å²) in [6.07, 6.45) is -8.41. The highest BCUT2D eigenvalue weighted by molar-refractivity contribution is 5.82. The van der Waals surface area contributed by atoms with Crippen molar-refractivity contribution >= 4 is 12.1 Å². The third-order valence-corrected chi connectivity index (χ3v) is 1.75. The lowest BCUT2D eigenvalue weighted by atomic mass is 10.1. The molecule has 1 aromatic heterocycles. The molecule has 0 radical (unpaired) electrons. The van der Waals surface area contributed by atoms with Gasteiger partial charge >= 0.3 is 6.18 Å². The van der Waals surface area contributed by atoms with Gasteiger partial charge in [-0.05, 0) is 6.07 Å². The second-order valence-corrected chi connectivity index (χ2v) is 2.81. The number of nitrogen functional groups attached to an aromatic ring is 1. The van der Waals surface area contributed by atoms with Gasteiger partial charge in [0.05, 0.1) is 11.1 Å². The molecule has 1 aromatic rings. The molecule has 1 heterocycles. The summed E-state index contributed by atoms with van der Waals surface area (Å²) < 4.78 is 61.5. The second-order valence-electron chi connectivity index (χ2n) is 2.81. The molecule has 0 bridgehead atoms. The molecule has 0 saturated carbocycles. The fourth-order valence-electron chi connectivity index (χ4n) is 1.05. The van der Waals surface area contributed by atoms with E-state index in [1.807, 2.05) is 0 Å². The van der Waals surface area contributed by atoms with Crippen LogP contribution in [-0.4, -0.2) is 11.3 Å². The summed E-state index contributed by atoms with van der Waals surface area (Å²) in [5.74, 6) is -0.654. The summed E-state index contributed by atoms with van der Waals surface area (Å²) >= 11 is 0. The normalized spacial score (nSPS) is 11.9. The zero-order chi connectivity index (χ0) is 12.5. The Hall–Kier alpha value is -1.73. The molecule has 16 heavy (non-hydrogen) atoms. The van der Waals surface area contributed by atoms with Gasteiger partial charge in [0, 0.05) is 0 Å². The summed E-state index contributed by atoms with van der Waals surface area (Å²) in [7, 11) is 0. The van der Waals surface area contributed by atoms with Crippen LogP contribution in [0.15, 0.2) is 6.07 Å². The van der Waals surface area contributed by atoms with E-state index >= 15 is 0 Å². The molecule has 0 aromatic carbocycles. The van der Waals surface area contributed by atoms with Crippen molar-refractivity contribution in [1.29, 1.82) is 0 Å². The van der Waals surface area contributed by atoms with Crippen LogP contribution in [0, 0.1) is 0 Å². The van der Waals surface area contributed by atoms with Crippen molar-refractivity contribution in [2.45, 2.75) is 12.6 Å². The van der Waals surface area contributed by atoms with Gasteiger partial charge in [0.1, 0.15) is 11.5 Å². The first kappa shape index (κ1) is 12.3. The Labute approximate surface area is 86.1 Å². The third kappa shape index (κ3) is 2.26. The molecular formula is C8H5F5N2O. The number of nitrogens with zero attached hydrogens (tertiary/aromatic N) is 1. The van der Waals surface area contributed by atoms with E-state index in [9.17, 15) is 26.7 Å². The molecule has 0 unspecified atom stereocenters. The van der Waals surface area contributed by atoms with Gasteiger partial charge < -0.3 is 5.73 Å². The topological polar surface area (TPSA) is 56.0 Å². The third-order valence-electron chi connectivity index (χ3n) is 1.75. The highest BCUT2D eigenvalue weighted by Gasteiger charge is 2.37. The first-order chi connectivity index (χ1) is 7.27. The highest BCUT2D eigenvalue weighted by atomic mass is 19.4. The number of halogens is 5. The number of hydrogen-bond donors (Lipinski definition) is 1. The van der Waals surface area contributed by atoms with E-state index in [0.717, 1.165) is 0 Å². The van der Waals surface area contributed by atoms with Crippen molar-refractivity contribution < 1.29 is 26.7 Å². The maximum absolute atomic E-state index is 12.3. The van der Waals surface area contributed by atoms with Gasteiger partial charge in [0.25, 0.3) is 6.43 Å². The van der Waals surface area contributed by atoms with E-state index in [2.05, 4.69) is 4.98 Å². The number of aldehydes is 1. The van der Waals surface area contributed by atoms with Gasteiger partial charge in [-0.1, -0.05) is 0 Å². The fourth-order valence-corrected chi connectivity index (χ4v) is 1.05. The quantitative estimate of drug-likeness (QED) is 0.638. The van der Waals surface area contributed by atoms with E-state index < -0.39 is 35.2 Å². The molecule has 0 atom stereocenters. The number of hydrogen-bond acceptors (Lipinski definition) is 3.